The van der Waals surface area contributed by atoms with E-state index in [2.05, 4.69) is 20.4 Å². The van der Waals surface area contributed by atoms with Gasteiger partial charge >= 0.3 is 0 Å². The number of rotatable bonds is 3. The van der Waals surface area contributed by atoms with E-state index in [1.165, 1.54) is 22.7 Å². The summed E-state index contributed by atoms with van der Waals surface area (Å²) in [6, 6.07) is 10.9. The van der Waals surface area contributed by atoms with Crippen molar-refractivity contribution in [3.05, 3.63) is 56.8 Å². The number of hydrogen-bond donors (Lipinski definition) is 1. The predicted molar refractivity (Wildman–Crippen MR) is 114 cm³/mol. The molecule has 0 fully saturated rings. The van der Waals surface area contributed by atoms with Crippen molar-refractivity contribution in [3.63, 3.8) is 0 Å². The van der Waals surface area contributed by atoms with Gasteiger partial charge in [-0.2, -0.15) is 4.98 Å². The lowest BCUT2D eigenvalue weighted by molar-refractivity contribution is 0.988. The summed E-state index contributed by atoms with van der Waals surface area (Å²) in [7, 11) is 0. The summed E-state index contributed by atoms with van der Waals surface area (Å²) in [6.07, 6.45) is 0. The third kappa shape index (κ3) is 3.15. The Morgan fingerprint density at radius 1 is 0.963 bits per heavy atom. The summed E-state index contributed by atoms with van der Waals surface area (Å²) in [5.74, 6) is 0.464. The fourth-order valence-electron chi connectivity index (χ4n) is 2.66. The van der Waals surface area contributed by atoms with Crippen LogP contribution < -0.4 is 5.32 Å². The lowest BCUT2D eigenvalue weighted by Gasteiger charge is -2.02. The molecule has 0 bridgehead atoms. The molecule has 3 aromatic heterocycles. The first-order valence-corrected chi connectivity index (χ1v) is 10.5. The van der Waals surface area contributed by atoms with Crippen molar-refractivity contribution < 1.29 is 0 Å². The Labute approximate surface area is 176 Å². The van der Waals surface area contributed by atoms with Crippen LogP contribution in [0.25, 0.3) is 26.4 Å². The maximum absolute atomic E-state index is 6.33. The second-order valence-corrected chi connectivity index (χ2v) is 8.78. The molecule has 0 spiro atoms. The maximum atomic E-state index is 6.33. The number of anilines is 2. The highest BCUT2D eigenvalue weighted by Gasteiger charge is 2.15. The third-order valence-electron chi connectivity index (χ3n) is 3.86. The Kier molecular flexibility index (Phi) is 4.22. The standard InChI is InChI=1S/C17H8Cl3N5S2/c18-8-1-3-11(20)10(5-8)13-7-26-17-23-15(24-25(13)17)22-16-21-12-4-2-9(19)6-14(12)27-16/h1-7H,(H,21,22,24). The highest BCUT2D eigenvalue weighted by molar-refractivity contribution is 7.22. The fourth-order valence-corrected chi connectivity index (χ4v) is 5.01. The zero-order valence-electron chi connectivity index (χ0n) is 13.3. The Balaban J connectivity index is 1.53. The van der Waals surface area contributed by atoms with Gasteiger partial charge in [0.2, 0.25) is 10.9 Å². The van der Waals surface area contributed by atoms with Gasteiger partial charge in [0.25, 0.3) is 0 Å². The van der Waals surface area contributed by atoms with Gasteiger partial charge in [0.15, 0.2) is 5.13 Å². The van der Waals surface area contributed by atoms with Crippen molar-refractivity contribution in [2.24, 2.45) is 0 Å². The molecule has 0 unspecified atom stereocenters. The number of hydrogen-bond acceptors (Lipinski definition) is 6. The fraction of sp³-hybridized carbons (Fsp3) is 0. The van der Waals surface area contributed by atoms with Crippen molar-refractivity contribution in [1.82, 2.24) is 19.6 Å². The van der Waals surface area contributed by atoms with Crippen LogP contribution in [0.2, 0.25) is 15.1 Å². The molecule has 27 heavy (non-hydrogen) atoms. The van der Waals surface area contributed by atoms with E-state index in [1.807, 2.05) is 29.6 Å². The van der Waals surface area contributed by atoms with Gasteiger partial charge in [0.05, 0.1) is 20.9 Å². The minimum Gasteiger partial charge on any atom is -0.299 e. The number of halogens is 3. The molecule has 2 aromatic carbocycles. The van der Waals surface area contributed by atoms with E-state index in [1.54, 1.807) is 16.6 Å². The van der Waals surface area contributed by atoms with Crippen LogP contribution in [0.5, 0.6) is 0 Å². The molecule has 0 aliphatic heterocycles. The van der Waals surface area contributed by atoms with E-state index >= 15 is 0 Å². The Bertz CT molecular complexity index is 1310. The van der Waals surface area contributed by atoms with Gasteiger partial charge in [0, 0.05) is 21.0 Å². The predicted octanol–water partition coefficient (Wildman–Crippen LogP) is 6.77. The SMILES string of the molecule is Clc1ccc(Cl)c(-c2csc3nc(Nc4nc5ccc(Cl)cc5s4)nn23)c1. The van der Waals surface area contributed by atoms with E-state index in [-0.39, 0.29) is 0 Å². The van der Waals surface area contributed by atoms with E-state index in [0.29, 0.717) is 26.1 Å². The summed E-state index contributed by atoms with van der Waals surface area (Å²) < 4.78 is 2.74. The summed E-state index contributed by atoms with van der Waals surface area (Å²) in [4.78, 5) is 9.80. The number of nitrogens with zero attached hydrogens (tertiary/aromatic N) is 4. The average Bonchev–Trinajstić information content (AvgIpc) is 3.30. The number of thiazole rings is 2. The van der Waals surface area contributed by atoms with Crippen molar-refractivity contribution >= 4 is 83.7 Å². The van der Waals surface area contributed by atoms with E-state index < -0.39 is 0 Å². The molecule has 1 N–H and O–H groups in total. The zero-order valence-corrected chi connectivity index (χ0v) is 17.2. The van der Waals surface area contributed by atoms with Crippen LogP contribution in [0.3, 0.4) is 0 Å². The Hall–Kier alpha value is -1.90. The van der Waals surface area contributed by atoms with Gasteiger partial charge < -0.3 is 0 Å². The number of aromatic nitrogens is 4. The number of nitrogens with one attached hydrogen (secondary N) is 1. The minimum atomic E-state index is 0.464. The van der Waals surface area contributed by atoms with Crippen molar-refractivity contribution in [2.45, 2.75) is 0 Å². The topological polar surface area (TPSA) is 55.1 Å². The molecule has 0 radical (unpaired) electrons. The van der Waals surface area contributed by atoms with Crippen molar-refractivity contribution in [3.8, 4) is 11.3 Å². The summed E-state index contributed by atoms with van der Waals surface area (Å²) in [6.45, 7) is 0. The Morgan fingerprint density at radius 3 is 2.67 bits per heavy atom. The van der Waals surface area contributed by atoms with E-state index in [9.17, 15) is 0 Å². The van der Waals surface area contributed by atoms with Crippen LogP contribution in [0.1, 0.15) is 0 Å². The normalized spacial score (nSPS) is 11.5. The molecule has 5 aromatic rings. The number of benzene rings is 2. The van der Waals surface area contributed by atoms with Gasteiger partial charge in [-0.3, -0.25) is 5.32 Å². The molecule has 0 aliphatic rings. The molecule has 0 amide bonds. The smallest absolute Gasteiger partial charge is 0.250 e. The first-order chi connectivity index (χ1) is 13.1. The summed E-state index contributed by atoms with van der Waals surface area (Å²) in [5, 5.41) is 12.3. The van der Waals surface area contributed by atoms with Crippen LogP contribution in [-0.2, 0) is 0 Å². The van der Waals surface area contributed by atoms with E-state index in [4.69, 9.17) is 34.8 Å². The number of fused-ring (bicyclic) bond motifs is 2. The van der Waals surface area contributed by atoms with Gasteiger partial charge in [0.1, 0.15) is 0 Å². The molecule has 0 aliphatic carbocycles. The highest BCUT2D eigenvalue weighted by Crippen LogP contribution is 2.34. The van der Waals surface area contributed by atoms with Crippen LogP contribution in [0.15, 0.2) is 41.8 Å². The molecule has 134 valence electrons. The lowest BCUT2D eigenvalue weighted by Crippen LogP contribution is -1.94. The first kappa shape index (κ1) is 17.2. The monoisotopic (exact) mass is 451 g/mol. The molecule has 5 nitrogen and oxygen atoms in total. The maximum Gasteiger partial charge on any atom is 0.250 e. The van der Waals surface area contributed by atoms with Gasteiger partial charge in [-0.05, 0) is 36.4 Å². The van der Waals surface area contributed by atoms with Crippen LogP contribution >= 0.6 is 57.5 Å². The second kappa shape index (κ2) is 6.61. The third-order valence-corrected chi connectivity index (χ3v) is 6.40. The molecule has 10 heteroatoms. The summed E-state index contributed by atoms with van der Waals surface area (Å²) in [5.41, 5.74) is 2.51. The summed E-state index contributed by atoms with van der Waals surface area (Å²) >= 11 is 21.5. The second-order valence-electron chi connectivity index (χ2n) is 5.63. The minimum absolute atomic E-state index is 0.464. The Morgan fingerprint density at radius 2 is 1.78 bits per heavy atom. The first-order valence-electron chi connectivity index (χ1n) is 7.70. The van der Waals surface area contributed by atoms with Crippen LogP contribution in [0, 0.1) is 0 Å². The van der Waals surface area contributed by atoms with Crippen LogP contribution in [-0.4, -0.2) is 19.6 Å². The highest BCUT2D eigenvalue weighted by atomic mass is 35.5. The molecule has 5 rings (SSSR count). The molecule has 0 saturated carbocycles. The van der Waals surface area contributed by atoms with Gasteiger partial charge in [-0.25, -0.2) is 9.50 Å². The van der Waals surface area contributed by atoms with Gasteiger partial charge in [-0.15, -0.1) is 16.4 Å². The molecular weight excluding hydrogens is 445 g/mol. The van der Waals surface area contributed by atoms with Crippen LogP contribution in [0.4, 0.5) is 11.1 Å². The molecular formula is C17H8Cl3N5S2. The molecule has 0 saturated heterocycles. The molecule has 3 heterocycles. The van der Waals surface area contributed by atoms with Crippen molar-refractivity contribution in [2.75, 3.05) is 5.32 Å². The molecule has 0 atom stereocenters. The quantitative estimate of drug-likeness (QED) is 0.328. The lowest BCUT2D eigenvalue weighted by atomic mass is 10.2. The zero-order chi connectivity index (χ0) is 18.5. The average molecular weight is 453 g/mol. The van der Waals surface area contributed by atoms with Gasteiger partial charge in [-0.1, -0.05) is 46.1 Å². The largest absolute Gasteiger partial charge is 0.299 e. The van der Waals surface area contributed by atoms with E-state index in [0.717, 1.165) is 26.4 Å². The van der Waals surface area contributed by atoms with Crippen molar-refractivity contribution in [1.29, 1.82) is 0 Å².